The zero-order valence-electron chi connectivity index (χ0n) is 11.1. The van der Waals surface area contributed by atoms with Gasteiger partial charge in [-0.2, -0.15) is 0 Å². The van der Waals surface area contributed by atoms with Gasteiger partial charge in [-0.05, 0) is 12.1 Å². The Morgan fingerprint density at radius 3 is 2.15 bits per heavy atom. The van der Waals surface area contributed by atoms with E-state index in [2.05, 4.69) is 14.5 Å². The molecule has 2 aromatic rings. The molecule has 0 aliphatic carbocycles. The average Bonchev–Trinajstić information content (AvgIpc) is 2.53. The van der Waals surface area contributed by atoms with Gasteiger partial charge in [0.1, 0.15) is 0 Å². The van der Waals surface area contributed by atoms with Gasteiger partial charge in [0.15, 0.2) is 5.69 Å². The van der Waals surface area contributed by atoms with Crippen LogP contribution in [0, 0.1) is 0 Å². The number of pyridine rings is 1. The molecule has 0 saturated heterocycles. The molecule has 5 heteroatoms. The van der Waals surface area contributed by atoms with E-state index in [0.29, 0.717) is 5.69 Å². The molecule has 1 aromatic carbocycles. The van der Waals surface area contributed by atoms with Crippen molar-refractivity contribution in [3.8, 4) is 11.3 Å². The number of benzene rings is 1. The monoisotopic (exact) mass is 271 g/mol. The lowest BCUT2D eigenvalue weighted by Gasteiger charge is -2.08. The molecule has 0 aliphatic heterocycles. The first-order valence-electron chi connectivity index (χ1n) is 5.90. The van der Waals surface area contributed by atoms with Gasteiger partial charge < -0.3 is 9.47 Å². The van der Waals surface area contributed by atoms with Crippen LogP contribution in [0.3, 0.4) is 0 Å². The zero-order chi connectivity index (χ0) is 14.5. The molecule has 5 nitrogen and oxygen atoms in total. The normalized spacial score (nSPS) is 9.90. The van der Waals surface area contributed by atoms with Gasteiger partial charge in [-0.25, -0.2) is 14.6 Å². The van der Waals surface area contributed by atoms with Gasteiger partial charge in [0.25, 0.3) is 0 Å². The van der Waals surface area contributed by atoms with Crippen LogP contribution in [-0.4, -0.2) is 31.1 Å². The summed E-state index contributed by atoms with van der Waals surface area (Å²) in [6, 6.07) is 12.5. The number of hydrogen-bond donors (Lipinski definition) is 0. The van der Waals surface area contributed by atoms with Crippen LogP contribution in [0.5, 0.6) is 0 Å². The highest BCUT2D eigenvalue weighted by molar-refractivity contribution is 6.02. The van der Waals surface area contributed by atoms with Gasteiger partial charge in [-0.3, -0.25) is 0 Å². The lowest BCUT2D eigenvalue weighted by atomic mass is 10.1. The summed E-state index contributed by atoms with van der Waals surface area (Å²) in [5, 5.41) is 0. The predicted octanol–water partition coefficient (Wildman–Crippen LogP) is 2.32. The lowest BCUT2D eigenvalue weighted by molar-refractivity contribution is 0.0550. The predicted molar refractivity (Wildman–Crippen MR) is 72.4 cm³/mol. The second-order valence-corrected chi connectivity index (χ2v) is 3.94. The first-order chi connectivity index (χ1) is 9.67. The standard InChI is InChI=1S/C15H13NO4/c1-19-14(17)11-8-9-12(10-6-4-3-5-7-10)16-13(11)15(18)20-2/h3-9H,1-2H3. The third-order valence-electron chi connectivity index (χ3n) is 2.75. The fourth-order valence-corrected chi connectivity index (χ4v) is 1.76. The smallest absolute Gasteiger partial charge is 0.357 e. The minimum absolute atomic E-state index is 0.0549. The molecule has 0 unspecified atom stereocenters. The molecule has 0 saturated carbocycles. The first-order valence-corrected chi connectivity index (χ1v) is 5.90. The number of carbonyl (C=O) groups is 2. The van der Waals surface area contributed by atoms with Gasteiger partial charge >= 0.3 is 11.9 Å². The Bertz CT molecular complexity index is 638. The van der Waals surface area contributed by atoms with Crippen molar-refractivity contribution < 1.29 is 19.1 Å². The van der Waals surface area contributed by atoms with Crippen molar-refractivity contribution >= 4 is 11.9 Å². The molecule has 0 N–H and O–H groups in total. The van der Waals surface area contributed by atoms with Crippen molar-refractivity contribution in [1.82, 2.24) is 4.98 Å². The quantitative estimate of drug-likeness (QED) is 0.801. The van der Waals surface area contributed by atoms with Gasteiger partial charge in [0, 0.05) is 5.56 Å². The highest BCUT2D eigenvalue weighted by Gasteiger charge is 2.20. The fourth-order valence-electron chi connectivity index (χ4n) is 1.76. The van der Waals surface area contributed by atoms with Gasteiger partial charge in [0.05, 0.1) is 25.5 Å². The summed E-state index contributed by atoms with van der Waals surface area (Å²) in [4.78, 5) is 27.6. The van der Waals surface area contributed by atoms with Crippen LogP contribution in [-0.2, 0) is 9.47 Å². The second kappa shape index (κ2) is 5.97. The first kappa shape index (κ1) is 13.7. The van der Waals surface area contributed by atoms with Crippen LogP contribution in [0.4, 0.5) is 0 Å². The van der Waals surface area contributed by atoms with Crippen molar-refractivity contribution in [2.24, 2.45) is 0 Å². The average molecular weight is 271 g/mol. The molecular weight excluding hydrogens is 258 g/mol. The van der Waals surface area contributed by atoms with E-state index in [1.807, 2.05) is 30.3 Å². The second-order valence-electron chi connectivity index (χ2n) is 3.94. The van der Waals surface area contributed by atoms with E-state index in [1.165, 1.54) is 20.3 Å². The van der Waals surface area contributed by atoms with E-state index < -0.39 is 11.9 Å². The maximum atomic E-state index is 11.7. The number of carbonyl (C=O) groups excluding carboxylic acids is 2. The van der Waals surface area contributed by atoms with E-state index in [0.717, 1.165) is 5.56 Å². The summed E-state index contributed by atoms with van der Waals surface area (Å²) < 4.78 is 9.28. The molecule has 20 heavy (non-hydrogen) atoms. The summed E-state index contributed by atoms with van der Waals surface area (Å²) in [6.07, 6.45) is 0. The maximum Gasteiger partial charge on any atom is 0.357 e. The number of esters is 2. The highest BCUT2D eigenvalue weighted by Crippen LogP contribution is 2.19. The Kier molecular flexibility index (Phi) is 4.10. The maximum absolute atomic E-state index is 11.7. The zero-order valence-corrected chi connectivity index (χ0v) is 11.1. The fraction of sp³-hybridized carbons (Fsp3) is 0.133. The van der Waals surface area contributed by atoms with Crippen molar-refractivity contribution in [2.75, 3.05) is 14.2 Å². The van der Waals surface area contributed by atoms with E-state index in [-0.39, 0.29) is 11.3 Å². The molecule has 102 valence electrons. The molecule has 0 atom stereocenters. The molecular formula is C15H13NO4. The van der Waals surface area contributed by atoms with Crippen LogP contribution in [0.25, 0.3) is 11.3 Å². The molecule has 0 amide bonds. The van der Waals surface area contributed by atoms with Crippen molar-refractivity contribution in [1.29, 1.82) is 0 Å². The van der Waals surface area contributed by atoms with Gasteiger partial charge in [-0.15, -0.1) is 0 Å². The Hall–Kier alpha value is -2.69. The minimum atomic E-state index is -0.678. The topological polar surface area (TPSA) is 65.5 Å². The molecule has 2 rings (SSSR count). The number of aromatic nitrogens is 1. The Balaban J connectivity index is 2.54. The van der Waals surface area contributed by atoms with Crippen molar-refractivity contribution in [3.05, 3.63) is 53.7 Å². The summed E-state index contributed by atoms with van der Waals surface area (Å²) in [6.45, 7) is 0. The van der Waals surface area contributed by atoms with Crippen LogP contribution in [0.1, 0.15) is 20.8 Å². The Labute approximate surface area is 116 Å². The number of methoxy groups -OCH3 is 2. The van der Waals surface area contributed by atoms with Crippen LogP contribution in [0.15, 0.2) is 42.5 Å². The van der Waals surface area contributed by atoms with Gasteiger partial charge in [-0.1, -0.05) is 30.3 Å². The Morgan fingerprint density at radius 1 is 0.900 bits per heavy atom. The number of rotatable bonds is 3. The molecule has 0 bridgehead atoms. The van der Waals surface area contributed by atoms with E-state index in [9.17, 15) is 9.59 Å². The Morgan fingerprint density at radius 2 is 1.55 bits per heavy atom. The molecule has 1 heterocycles. The number of nitrogens with zero attached hydrogens (tertiary/aromatic N) is 1. The minimum Gasteiger partial charge on any atom is -0.465 e. The summed E-state index contributed by atoms with van der Waals surface area (Å²) in [5.74, 6) is -1.30. The molecule has 0 fully saturated rings. The molecule has 1 aromatic heterocycles. The van der Waals surface area contributed by atoms with Crippen molar-refractivity contribution in [3.63, 3.8) is 0 Å². The van der Waals surface area contributed by atoms with E-state index >= 15 is 0 Å². The SMILES string of the molecule is COC(=O)c1ccc(-c2ccccc2)nc1C(=O)OC. The number of hydrogen-bond acceptors (Lipinski definition) is 5. The van der Waals surface area contributed by atoms with Crippen LogP contribution >= 0.6 is 0 Å². The van der Waals surface area contributed by atoms with Gasteiger partial charge in [0.2, 0.25) is 0 Å². The third-order valence-corrected chi connectivity index (χ3v) is 2.75. The molecule has 0 spiro atoms. The lowest BCUT2D eigenvalue weighted by Crippen LogP contribution is -2.14. The summed E-state index contributed by atoms with van der Waals surface area (Å²) in [5.41, 5.74) is 1.45. The van der Waals surface area contributed by atoms with Crippen LogP contribution < -0.4 is 0 Å². The largest absolute Gasteiger partial charge is 0.465 e. The summed E-state index contributed by atoms with van der Waals surface area (Å²) in [7, 11) is 2.48. The molecule has 0 aliphatic rings. The number of ether oxygens (including phenoxy) is 2. The third kappa shape index (κ3) is 2.66. The van der Waals surface area contributed by atoms with E-state index in [4.69, 9.17) is 0 Å². The molecule has 0 radical (unpaired) electrons. The summed E-state index contributed by atoms with van der Waals surface area (Å²) >= 11 is 0. The van der Waals surface area contributed by atoms with E-state index in [1.54, 1.807) is 6.07 Å². The van der Waals surface area contributed by atoms with Crippen molar-refractivity contribution in [2.45, 2.75) is 0 Å². The van der Waals surface area contributed by atoms with Crippen LogP contribution in [0.2, 0.25) is 0 Å². The highest BCUT2D eigenvalue weighted by atomic mass is 16.5.